The van der Waals surface area contributed by atoms with Gasteiger partial charge in [0.25, 0.3) is 5.91 Å². The fraction of sp³-hybridized carbons (Fsp3) is 0.381. The Kier molecular flexibility index (Phi) is 4.93. The van der Waals surface area contributed by atoms with Gasteiger partial charge in [0, 0.05) is 23.5 Å². The van der Waals surface area contributed by atoms with Crippen LogP contribution in [0.1, 0.15) is 35.8 Å². The number of amides is 4. The first-order valence-electron chi connectivity index (χ1n) is 9.58. The lowest BCUT2D eigenvalue weighted by Crippen LogP contribution is -2.47. The van der Waals surface area contributed by atoms with Gasteiger partial charge in [0.2, 0.25) is 5.91 Å². The van der Waals surface area contributed by atoms with E-state index < -0.39 is 11.6 Å². The van der Waals surface area contributed by atoms with Crippen molar-refractivity contribution in [1.29, 1.82) is 0 Å². The van der Waals surface area contributed by atoms with Crippen molar-refractivity contribution in [3.05, 3.63) is 57.8 Å². The van der Waals surface area contributed by atoms with E-state index in [-0.39, 0.29) is 18.4 Å². The summed E-state index contributed by atoms with van der Waals surface area (Å²) in [7, 11) is 0. The van der Waals surface area contributed by atoms with Crippen LogP contribution < -0.4 is 5.32 Å². The third-order valence-corrected chi connectivity index (χ3v) is 6.56. The third kappa shape index (κ3) is 3.09. The van der Waals surface area contributed by atoms with Gasteiger partial charge in [0.05, 0.1) is 0 Å². The SMILES string of the molecule is CCN(Cc1ccccc1)C(=O)CN1C(=O)N[C@]2(CCCc3sccc32)C1=O. The summed E-state index contributed by atoms with van der Waals surface area (Å²) in [6.07, 6.45) is 2.35. The zero-order valence-corrected chi connectivity index (χ0v) is 16.6. The van der Waals surface area contributed by atoms with Gasteiger partial charge in [-0.2, -0.15) is 0 Å². The summed E-state index contributed by atoms with van der Waals surface area (Å²) in [5.41, 5.74) is 0.914. The highest BCUT2D eigenvalue weighted by atomic mass is 32.1. The van der Waals surface area contributed by atoms with E-state index in [0.29, 0.717) is 19.5 Å². The van der Waals surface area contributed by atoms with Crippen molar-refractivity contribution >= 4 is 29.2 Å². The van der Waals surface area contributed by atoms with Crippen molar-refractivity contribution in [2.75, 3.05) is 13.1 Å². The lowest BCUT2D eigenvalue weighted by molar-refractivity contribution is -0.139. The molecule has 2 heterocycles. The normalized spacial score (nSPS) is 21.0. The summed E-state index contributed by atoms with van der Waals surface area (Å²) in [5, 5.41) is 4.86. The quantitative estimate of drug-likeness (QED) is 0.789. The smallest absolute Gasteiger partial charge is 0.325 e. The summed E-state index contributed by atoms with van der Waals surface area (Å²) in [5.74, 6) is -0.533. The van der Waals surface area contributed by atoms with Crippen LogP contribution in [-0.2, 0) is 28.1 Å². The number of nitrogens with one attached hydrogen (secondary N) is 1. The molecule has 28 heavy (non-hydrogen) atoms. The number of fused-ring (bicyclic) bond motifs is 2. The minimum atomic E-state index is -0.999. The second kappa shape index (κ2) is 7.39. The zero-order valence-electron chi connectivity index (χ0n) is 15.8. The number of carbonyl (C=O) groups is 3. The third-order valence-electron chi connectivity index (χ3n) is 5.58. The van der Waals surface area contributed by atoms with Crippen LogP contribution in [0, 0.1) is 0 Å². The monoisotopic (exact) mass is 397 g/mol. The summed E-state index contributed by atoms with van der Waals surface area (Å²) < 4.78 is 0. The first-order chi connectivity index (χ1) is 13.5. The fourth-order valence-corrected chi connectivity index (χ4v) is 5.10. The summed E-state index contributed by atoms with van der Waals surface area (Å²) in [6.45, 7) is 2.64. The molecule has 1 atom stereocenters. The molecular weight excluding hydrogens is 374 g/mol. The molecule has 1 aromatic heterocycles. The number of aryl methyl sites for hydroxylation is 1. The molecule has 1 spiro atoms. The number of imide groups is 1. The summed E-state index contributed by atoms with van der Waals surface area (Å²) in [4.78, 5) is 42.6. The van der Waals surface area contributed by atoms with E-state index in [0.717, 1.165) is 33.7 Å². The Morgan fingerprint density at radius 3 is 2.79 bits per heavy atom. The minimum absolute atomic E-state index is 0.228. The number of nitrogens with zero attached hydrogens (tertiary/aromatic N) is 2. The molecule has 1 aliphatic carbocycles. The molecule has 7 heteroatoms. The highest BCUT2D eigenvalue weighted by Crippen LogP contribution is 2.42. The summed E-state index contributed by atoms with van der Waals surface area (Å²) >= 11 is 1.62. The topological polar surface area (TPSA) is 69.7 Å². The number of urea groups is 1. The van der Waals surface area contributed by atoms with Gasteiger partial charge in [0.15, 0.2) is 0 Å². The van der Waals surface area contributed by atoms with E-state index >= 15 is 0 Å². The molecule has 1 N–H and O–H groups in total. The van der Waals surface area contributed by atoms with Crippen LogP contribution in [0.4, 0.5) is 4.79 Å². The standard InChI is InChI=1S/C21H23N3O3S/c1-2-23(13-15-7-4-3-5-8-15)18(25)14-24-19(26)21(22-20(24)27)11-6-9-17-16(21)10-12-28-17/h3-5,7-8,10,12H,2,6,9,11,13-14H2,1H3,(H,22,27)/t21-/m0/s1. The van der Waals surface area contributed by atoms with Gasteiger partial charge in [-0.25, -0.2) is 4.79 Å². The average molecular weight is 398 g/mol. The number of hydrogen-bond acceptors (Lipinski definition) is 4. The van der Waals surface area contributed by atoms with Crippen LogP contribution in [0.25, 0.3) is 0 Å². The molecule has 1 aliphatic heterocycles. The molecule has 0 saturated carbocycles. The lowest BCUT2D eigenvalue weighted by Gasteiger charge is -2.31. The molecule has 4 rings (SSSR count). The van der Waals surface area contributed by atoms with E-state index in [4.69, 9.17) is 0 Å². The number of likely N-dealkylation sites (N-methyl/N-ethyl adjacent to an activating group) is 1. The first kappa shape index (κ1) is 18.7. The van der Waals surface area contributed by atoms with Crippen LogP contribution in [0.2, 0.25) is 0 Å². The molecule has 0 unspecified atom stereocenters. The number of rotatable bonds is 5. The average Bonchev–Trinajstić information content (AvgIpc) is 3.27. The van der Waals surface area contributed by atoms with Gasteiger partial charge >= 0.3 is 6.03 Å². The fourth-order valence-electron chi connectivity index (χ4n) is 4.10. The van der Waals surface area contributed by atoms with Gasteiger partial charge in [0.1, 0.15) is 12.1 Å². The van der Waals surface area contributed by atoms with Crippen LogP contribution in [0.15, 0.2) is 41.8 Å². The Labute approximate surface area is 168 Å². The highest BCUT2D eigenvalue weighted by molar-refractivity contribution is 7.10. The first-order valence-corrected chi connectivity index (χ1v) is 10.5. The van der Waals surface area contributed by atoms with Crippen LogP contribution in [-0.4, -0.2) is 40.7 Å². The molecule has 2 aliphatic rings. The predicted octanol–water partition coefficient (Wildman–Crippen LogP) is 2.88. The highest BCUT2D eigenvalue weighted by Gasteiger charge is 2.54. The second-order valence-corrected chi connectivity index (χ2v) is 8.23. The molecule has 146 valence electrons. The van der Waals surface area contributed by atoms with Crippen molar-refractivity contribution in [3.8, 4) is 0 Å². The molecule has 0 radical (unpaired) electrons. The minimum Gasteiger partial charge on any atom is -0.337 e. The van der Waals surface area contributed by atoms with Crippen molar-refractivity contribution in [2.45, 2.75) is 38.3 Å². The van der Waals surface area contributed by atoms with E-state index in [9.17, 15) is 14.4 Å². The van der Waals surface area contributed by atoms with Crippen LogP contribution in [0.3, 0.4) is 0 Å². The van der Waals surface area contributed by atoms with Gasteiger partial charge in [-0.1, -0.05) is 30.3 Å². The van der Waals surface area contributed by atoms with E-state index in [2.05, 4.69) is 5.32 Å². The van der Waals surface area contributed by atoms with E-state index in [1.807, 2.05) is 48.7 Å². The van der Waals surface area contributed by atoms with Crippen LogP contribution in [0.5, 0.6) is 0 Å². The Morgan fingerprint density at radius 2 is 2.04 bits per heavy atom. The van der Waals surface area contributed by atoms with E-state index in [1.165, 1.54) is 0 Å². The summed E-state index contributed by atoms with van der Waals surface area (Å²) in [6, 6.07) is 11.1. The van der Waals surface area contributed by atoms with Gasteiger partial charge in [-0.05, 0) is 43.2 Å². The Bertz CT molecular complexity index is 911. The molecule has 1 aromatic carbocycles. The molecule has 4 amide bonds. The van der Waals surface area contributed by atoms with Crippen molar-refractivity contribution in [2.24, 2.45) is 0 Å². The maximum Gasteiger partial charge on any atom is 0.325 e. The van der Waals surface area contributed by atoms with Gasteiger partial charge in [-0.3, -0.25) is 14.5 Å². The Morgan fingerprint density at radius 1 is 1.25 bits per heavy atom. The van der Waals surface area contributed by atoms with Crippen molar-refractivity contribution < 1.29 is 14.4 Å². The molecule has 1 fully saturated rings. The lowest BCUT2D eigenvalue weighted by atomic mass is 9.80. The van der Waals surface area contributed by atoms with Crippen molar-refractivity contribution in [1.82, 2.24) is 15.1 Å². The molecule has 6 nitrogen and oxygen atoms in total. The molecule has 1 saturated heterocycles. The number of benzene rings is 1. The zero-order chi connectivity index (χ0) is 19.7. The largest absolute Gasteiger partial charge is 0.337 e. The maximum absolute atomic E-state index is 13.2. The number of carbonyl (C=O) groups excluding carboxylic acids is 3. The molecule has 2 aromatic rings. The Balaban J connectivity index is 1.52. The van der Waals surface area contributed by atoms with Crippen LogP contribution >= 0.6 is 11.3 Å². The van der Waals surface area contributed by atoms with Gasteiger partial charge in [-0.15, -0.1) is 11.3 Å². The number of thiophene rings is 1. The molecule has 0 bridgehead atoms. The van der Waals surface area contributed by atoms with Gasteiger partial charge < -0.3 is 10.2 Å². The Hall–Kier alpha value is -2.67. The molecular formula is C21H23N3O3S. The van der Waals surface area contributed by atoms with E-state index in [1.54, 1.807) is 16.2 Å². The second-order valence-electron chi connectivity index (χ2n) is 7.23. The predicted molar refractivity (Wildman–Crippen MR) is 107 cm³/mol. The van der Waals surface area contributed by atoms with Crippen molar-refractivity contribution in [3.63, 3.8) is 0 Å². The maximum atomic E-state index is 13.2. The number of hydrogen-bond donors (Lipinski definition) is 1.